The minimum atomic E-state index is 0.268. The summed E-state index contributed by atoms with van der Waals surface area (Å²) >= 11 is 0. The molecule has 0 saturated carbocycles. The van der Waals surface area contributed by atoms with Crippen LogP contribution in [0.25, 0.3) is 28.1 Å². The summed E-state index contributed by atoms with van der Waals surface area (Å²) in [5, 5.41) is 5.36. The van der Waals surface area contributed by atoms with Gasteiger partial charge in [0.05, 0.1) is 12.6 Å². The van der Waals surface area contributed by atoms with Crippen molar-refractivity contribution in [3.63, 3.8) is 0 Å². The van der Waals surface area contributed by atoms with Gasteiger partial charge in [0.2, 0.25) is 5.95 Å². The Morgan fingerprint density at radius 2 is 1.79 bits per heavy atom. The van der Waals surface area contributed by atoms with Crippen molar-refractivity contribution in [3.05, 3.63) is 54.9 Å². The Hall–Kier alpha value is -3.48. The largest absolute Gasteiger partial charge is 0.497 e. The van der Waals surface area contributed by atoms with Crippen LogP contribution >= 0.6 is 0 Å². The first-order chi connectivity index (χ1) is 11.8. The van der Waals surface area contributed by atoms with Crippen molar-refractivity contribution in [2.75, 3.05) is 12.8 Å². The van der Waals surface area contributed by atoms with Crippen LogP contribution in [0.4, 0.5) is 5.95 Å². The number of nitrogens with two attached hydrogens (primary N) is 1. The van der Waals surface area contributed by atoms with E-state index in [-0.39, 0.29) is 5.95 Å². The second-order valence-corrected chi connectivity index (χ2v) is 5.15. The topological polar surface area (TPSA) is 91.7 Å². The highest BCUT2D eigenvalue weighted by molar-refractivity contribution is 5.85. The van der Waals surface area contributed by atoms with E-state index in [1.807, 2.05) is 48.5 Å². The normalized spacial score (nSPS) is 10.9. The second kappa shape index (κ2) is 5.62. The van der Waals surface area contributed by atoms with Gasteiger partial charge in [0.15, 0.2) is 11.6 Å². The van der Waals surface area contributed by atoms with Crippen molar-refractivity contribution < 1.29 is 4.74 Å². The molecule has 24 heavy (non-hydrogen) atoms. The standard InChI is InChI=1S/C17H14N6O/c1-24-12-8-6-11(7-9-12)15-21-17(18)23(22-15)16-13-4-2-3-5-14(13)19-10-20-16/h2-10H,1H3,(H2,18,21,22). The Labute approximate surface area is 137 Å². The molecule has 2 aromatic heterocycles. The van der Waals surface area contributed by atoms with E-state index in [1.54, 1.807) is 7.11 Å². The molecule has 0 radical (unpaired) electrons. The van der Waals surface area contributed by atoms with Crippen molar-refractivity contribution >= 4 is 16.9 Å². The van der Waals surface area contributed by atoms with Crippen molar-refractivity contribution in [1.29, 1.82) is 0 Å². The molecule has 0 aliphatic carbocycles. The maximum atomic E-state index is 6.06. The molecular weight excluding hydrogens is 304 g/mol. The molecule has 0 bridgehead atoms. The summed E-state index contributed by atoms with van der Waals surface area (Å²) in [6.07, 6.45) is 1.49. The highest BCUT2D eigenvalue weighted by atomic mass is 16.5. The molecule has 2 aromatic carbocycles. The summed E-state index contributed by atoms with van der Waals surface area (Å²) in [4.78, 5) is 12.9. The number of hydrogen-bond acceptors (Lipinski definition) is 6. The Balaban J connectivity index is 1.83. The first-order valence-corrected chi connectivity index (χ1v) is 7.33. The fourth-order valence-corrected chi connectivity index (χ4v) is 2.50. The van der Waals surface area contributed by atoms with E-state index >= 15 is 0 Å². The Morgan fingerprint density at radius 3 is 2.58 bits per heavy atom. The molecule has 0 amide bonds. The monoisotopic (exact) mass is 318 g/mol. The van der Waals surface area contributed by atoms with Crippen molar-refractivity contribution in [2.45, 2.75) is 0 Å². The lowest BCUT2D eigenvalue weighted by atomic mass is 10.2. The molecule has 7 nitrogen and oxygen atoms in total. The van der Waals surface area contributed by atoms with Crippen LogP contribution in [0, 0.1) is 0 Å². The number of para-hydroxylation sites is 1. The molecule has 0 aliphatic heterocycles. The van der Waals surface area contributed by atoms with Crippen LogP contribution in [-0.4, -0.2) is 31.8 Å². The van der Waals surface area contributed by atoms with E-state index in [9.17, 15) is 0 Å². The molecule has 0 saturated heterocycles. The van der Waals surface area contributed by atoms with Gasteiger partial charge in [-0.15, -0.1) is 5.10 Å². The summed E-state index contributed by atoms with van der Waals surface area (Å²) in [6.45, 7) is 0. The van der Waals surface area contributed by atoms with Crippen LogP contribution in [0.15, 0.2) is 54.9 Å². The number of nitrogens with zero attached hydrogens (tertiary/aromatic N) is 5. The minimum absolute atomic E-state index is 0.268. The summed E-state index contributed by atoms with van der Waals surface area (Å²) in [7, 11) is 1.63. The maximum Gasteiger partial charge on any atom is 0.225 e. The van der Waals surface area contributed by atoms with Crippen molar-refractivity contribution in [1.82, 2.24) is 24.7 Å². The number of fused-ring (bicyclic) bond motifs is 1. The zero-order valence-electron chi connectivity index (χ0n) is 12.9. The van der Waals surface area contributed by atoms with E-state index in [1.165, 1.54) is 11.0 Å². The number of aromatic nitrogens is 5. The van der Waals surface area contributed by atoms with E-state index in [4.69, 9.17) is 10.5 Å². The average Bonchev–Trinajstić information content (AvgIpc) is 3.03. The van der Waals surface area contributed by atoms with Gasteiger partial charge in [0, 0.05) is 10.9 Å². The van der Waals surface area contributed by atoms with E-state index in [0.29, 0.717) is 11.6 Å². The van der Waals surface area contributed by atoms with Gasteiger partial charge in [0.25, 0.3) is 0 Å². The number of methoxy groups -OCH3 is 1. The predicted octanol–water partition coefficient (Wildman–Crippen LogP) is 2.47. The van der Waals surface area contributed by atoms with Gasteiger partial charge in [-0.3, -0.25) is 0 Å². The van der Waals surface area contributed by atoms with Gasteiger partial charge in [-0.25, -0.2) is 9.97 Å². The molecule has 0 aliphatic rings. The van der Waals surface area contributed by atoms with Crippen LogP contribution in [0.5, 0.6) is 5.75 Å². The Kier molecular flexibility index (Phi) is 3.31. The van der Waals surface area contributed by atoms with Crippen LogP contribution in [0.2, 0.25) is 0 Å². The lowest BCUT2D eigenvalue weighted by Gasteiger charge is -2.05. The lowest BCUT2D eigenvalue weighted by Crippen LogP contribution is -2.05. The molecule has 0 spiro atoms. The number of nitrogen functional groups attached to an aromatic ring is 1. The fourth-order valence-electron chi connectivity index (χ4n) is 2.50. The smallest absolute Gasteiger partial charge is 0.225 e. The number of benzene rings is 2. The van der Waals surface area contributed by atoms with E-state index < -0.39 is 0 Å². The average molecular weight is 318 g/mol. The Bertz CT molecular complexity index is 1000. The summed E-state index contributed by atoms with van der Waals surface area (Å²) < 4.78 is 6.70. The molecular formula is C17H14N6O. The summed E-state index contributed by atoms with van der Waals surface area (Å²) in [6, 6.07) is 15.2. The highest BCUT2D eigenvalue weighted by Crippen LogP contribution is 2.24. The second-order valence-electron chi connectivity index (χ2n) is 5.15. The molecule has 0 fully saturated rings. The van der Waals surface area contributed by atoms with Gasteiger partial charge in [-0.1, -0.05) is 12.1 Å². The van der Waals surface area contributed by atoms with Gasteiger partial charge >= 0.3 is 0 Å². The van der Waals surface area contributed by atoms with E-state index in [2.05, 4.69) is 20.1 Å². The van der Waals surface area contributed by atoms with Gasteiger partial charge in [-0.05, 0) is 36.4 Å². The van der Waals surface area contributed by atoms with Crippen LogP contribution < -0.4 is 10.5 Å². The molecule has 0 atom stereocenters. The van der Waals surface area contributed by atoms with Gasteiger partial charge in [-0.2, -0.15) is 9.67 Å². The molecule has 4 aromatic rings. The Morgan fingerprint density at radius 1 is 1.00 bits per heavy atom. The fraction of sp³-hybridized carbons (Fsp3) is 0.0588. The zero-order valence-corrected chi connectivity index (χ0v) is 12.9. The van der Waals surface area contributed by atoms with Crippen LogP contribution in [0.3, 0.4) is 0 Å². The quantitative estimate of drug-likeness (QED) is 0.624. The highest BCUT2D eigenvalue weighted by Gasteiger charge is 2.14. The van der Waals surface area contributed by atoms with E-state index in [0.717, 1.165) is 22.2 Å². The third-order valence-electron chi connectivity index (χ3n) is 3.70. The number of anilines is 1. The number of ether oxygens (including phenoxy) is 1. The van der Waals surface area contributed by atoms with Crippen molar-refractivity contribution in [2.24, 2.45) is 0 Å². The molecule has 2 N–H and O–H groups in total. The summed E-state index contributed by atoms with van der Waals surface area (Å²) in [5.74, 6) is 2.17. The SMILES string of the molecule is COc1ccc(-c2nc(N)n(-c3ncnc4ccccc34)n2)cc1. The minimum Gasteiger partial charge on any atom is -0.497 e. The number of hydrogen-bond donors (Lipinski definition) is 1. The first-order valence-electron chi connectivity index (χ1n) is 7.33. The van der Waals surface area contributed by atoms with Gasteiger partial charge in [0.1, 0.15) is 12.1 Å². The van der Waals surface area contributed by atoms with Crippen LogP contribution in [0.1, 0.15) is 0 Å². The van der Waals surface area contributed by atoms with Crippen LogP contribution in [-0.2, 0) is 0 Å². The molecule has 118 valence electrons. The molecule has 7 heteroatoms. The van der Waals surface area contributed by atoms with Crippen molar-refractivity contribution in [3.8, 4) is 23.0 Å². The zero-order chi connectivity index (χ0) is 16.5. The molecule has 2 heterocycles. The number of rotatable bonds is 3. The first kappa shape index (κ1) is 14.1. The molecule has 0 unspecified atom stereocenters. The maximum absolute atomic E-state index is 6.06. The van der Waals surface area contributed by atoms with Gasteiger partial charge < -0.3 is 10.5 Å². The predicted molar refractivity (Wildman–Crippen MR) is 90.9 cm³/mol. The molecule has 4 rings (SSSR count). The summed E-state index contributed by atoms with van der Waals surface area (Å²) in [5.41, 5.74) is 7.73. The third kappa shape index (κ3) is 2.32. The lowest BCUT2D eigenvalue weighted by molar-refractivity contribution is 0.415. The third-order valence-corrected chi connectivity index (χ3v) is 3.70.